The summed E-state index contributed by atoms with van der Waals surface area (Å²) in [6.45, 7) is 0.398. The highest BCUT2D eigenvalue weighted by Crippen LogP contribution is 2.31. The summed E-state index contributed by atoms with van der Waals surface area (Å²) in [5.41, 5.74) is 7.27. The molecule has 2 atom stereocenters. The largest absolute Gasteiger partial charge is 0.471 e. The molecule has 4 N–H and O–H groups in total. The zero-order chi connectivity index (χ0) is 19.1. The molecule has 26 heavy (non-hydrogen) atoms. The van der Waals surface area contributed by atoms with Crippen molar-refractivity contribution < 1.29 is 22.8 Å². The second-order valence-electron chi connectivity index (χ2n) is 6.65. The average molecular weight is 368 g/mol. The summed E-state index contributed by atoms with van der Waals surface area (Å²) in [5, 5.41) is 9.17. The molecular formula is C17H19F3N4O2. The smallest absolute Gasteiger partial charge is 0.330 e. The van der Waals surface area contributed by atoms with Crippen LogP contribution in [-0.2, 0) is 11.3 Å². The molecule has 2 unspecified atom stereocenters. The van der Waals surface area contributed by atoms with Crippen molar-refractivity contribution in [1.82, 2.24) is 10.2 Å². The van der Waals surface area contributed by atoms with E-state index < -0.39 is 17.9 Å². The molecule has 1 fully saturated rings. The Balaban J connectivity index is 1.78. The van der Waals surface area contributed by atoms with Crippen LogP contribution in [0.2, 0.25) is 0 Å². The molecule has 0 bridgehead atoms. The van der Waals surface area contributed by atoms with Crippen molar-refractivity contribution in [2.75, 3.05) is 0 Å². The van der Waals surface area contributed by atoms with Crippen LogP contribution >= 0.6 is 0 Å². The van der Waals surface area contributed by atoms with Crippen LogP contribution in [0.4, 0.5) is 13.2 Å². The Bertz CT molecular complexity index is 763. The lowest BCUT2D eigenvalue weighted by molar-refractivity contribution is -0.171. The van der Waals surface area contributed by atoms with E-state index in [9.17, 15) is 22.8 Å². The zero-order valence-corrected chi connectivity index (χ0v) is 13.9. The molecule has 6 nitrogen and oxygen atoms in total. The van der Waals surface area contributed by atoms with E-state index in [1.165, 1.54) is 17.4 Å². The molecule has 1 aromatic carbocycles. The highest BCUT2D eigenvalue weighted by Gasteiger charge is 2.40. The van der Waals surface area contributed by atoms with Gasteiger partial charge in [0, 0.05) is 29.8 Å². The standard InChI is InChI=1S/C17H19F3N4O2/c18-17(19,20)16(26)23-14(22)9-5-6-10-8-24(15(25)11(10)7-9)13-4-2-1-3-12(13)21/h5-7,12-13H,1-4,8,21H2,(H2,22,23,26). The molecule has 140 valence electrons. The average Bonchev–Trinajstić information content (AvgIpc) is 2.90. The Labute approximate surface area is 148 Å². The molecule has 0 spiro atoms. The lowest BCUT2D eigenvalue weighted by Gasteiger charge is -2.35. The van der Waals surface area contributed by atoms with Crippen molar-refractivity contribution in [2.24, 2.45) is 5.73 Å². The maximum Gasteiger partial charge on any atom is 0.471 e. The molecule has 1 saturated carbocycles. The van der Waals surface area contributed by atoms with Gasteiger partial charge in [-0.25, -0.2) is 0 Å². The van der Waals surface area contributed by atoms with Crippen molar-refractivity contribution >= 4 is 17.6 Å². The summed E-state index contributed by atoms with van der Waals surface area (Å²) in [5.74, 6) is -3.15. The van der Waals surface area contributed by atoms with Crippen molar-refractivity contribution in [3.63, 3.8) is 0 Å². The van der Waals surface area contributed by atoms with E-state index in [1.54, 1.807) is 11.0 Å². The molecule has 9 heteroatoms. The van der Waals surface area contributed by atoms with Crippen molar-refractivity contribution in [3.8, 4) is 0 Å². The van der Waals surface area contributed by atoms with E-state index in [0.717, 1.165) is 31.2 Å². The second kappa shape index (κ2) is 6.71. The fourth-order valence-electron chi connectivity index (χ4n) is 3.53. The number of hydrogen-bond acceptors (Lipinski definition) is 4. The summed E-state index contributed by atoms with van der Waals surface area (Å²) in [6.07, 6.45) is -1.37. The van der Waals surface area contributed by atoms with Gasteiger partial charge in [-0.15, -0.1) is 0 Å². The van der Waals surface area contributed by atoms with Gasteiger partial charge >= 0.3 is 12.1 Å². The monoisotopic (exact) mass is 368 g/mol. The first kappa shape index (κ1) is 18.4. The predicted octanol–water partition coefficient (Wildman–Crippen LogP) is 1.92. The van der Waals surface area contributed by atoms with E-state index in [-0.39, 0.29) is 23.6 Å². The van der Waals surface area contributed by atoms with Crippen LogP contribution in [-0.4, -0.2) is 40.8 Å². The molecule has 3 rings (SSSR count). The number of amidine groups is 1. The molecule has 1 aromatic rings. The van der Waals surface area contributed by atoms with Crippen molar-refractivity contribution in [2.45, 2.75) is 50.5 Å². The summed E-state index contributed by atoms with van der Waals surface area (Å²) in [4.78, 5) is 25.4. The quantitative estimate of drug-likeness (QED) is 0.549. The molecule has 1 aliphatic heterocycles. The van der Waals surface area contributed by atoms with Gasteiger partial charge in [-0.05, 0) is 24.5 Å². The maximum atomic E-state index is 12.7. The van der Waals surface area contributed by atoms with Gasteiger partial charge in [0.2, 0.25) is 0 Å². The van der Waals surface area contributed by atoms with Crippen LogP contribution in [0.1, 0.15) is 47.2 Å². The third-order valence-corrected chi connectivity index (χ3v) is 4.91. The first-order valence-corrected chi connectivity index (χ1v) is 8.35. The SMILES string of the molecule is N=C(NC(=O)C(F)(F)F)c1ccc2c(c1)C(=O)N(C1CCCCC1N)C2. The molecular weight excluding hydrogens is 349 g/mol. The molecule has 0 saturated heterocycles. The van der Waals surface area contributed by atoms with Crippen molar-refractivity contribution in [3.05, 3.63) is 34.9 Å². The van der Waals surface area contributed by atoms with Crippen molar-refractivity contribution in [1.29, 1.82) is 5.41 Å². The Hall–Kier alpha value is -2.42. The molecule has 1 heterocycles. The molecule has 2 aliphatic rings. The topological polar surface area (TPSA) is 99.3 Å². The Morgan fingerprint density at radius 2 is 1.96 bits per heavy atom. The molecule has 0 aromatic heterocycles. The van der Waals surface area contributed by atoms with Gasteiger partial charge < -0.3 is 16.0 Å². The summed E-state index contributed by atoms with van der Waals surface area (Å²) in [7, 11) is 0. The first-order chi connectivity index (χ1) is 12.2. The Morgan fingerprint density at radius 3 is 2.62 bits per heavy atom. The summed E-state index contributed by atoms with van der Waals surface area (Å²) in [6, 6.07) is 4.23. The number of carbonyl (C=O) groups excluding carboxylic acids is 2. The summed E-state index contributed by atoms with van der Waals surface area (Å²) < 4.78 is 37.0. The van der Waals surface area contributed by atoms with Gasteiger partial charge in [-0.1, -0.05) is 25.0 Å². The highest BCUT2D eigenvalue weighted by molar-refractivity contribution is 6.09. The van der Waals surface area contributed by atoms with Gasteiger partial charge in [-0.2, -0.15) is 13.2 Å². The van der Waals surface area contributed by atoms with Gasteiger partial charge in [0.15, 0.2) is 0 Å². The fraction of sp³-hybridized carbons (Fsp3) is 0.471. The predicted molar refractivity (Wildman–Crippen MR) is 87.6 cm³/mol. The number of nitrogens with zero attached hydrogens (tertiary/aromatic N) is 1. The zero-order valence-electron chi connectivity index (χ0n) is 13.9. The molecule has 1 aliphatic carbocycles. The number of nitrogens with two attached hydrogens (primary N) is 1. The van der Waals surface area contributed by atoms with E-state index in [4.69, 9.17) is 11.1 Å². The third kappa shape index (κ3) is 3.44. The van der Waals surface area contributed by atoms with Gasteiger partial charge in [-0.3, -0.25) is 15.0 Å². The maximum absolute atomic E-state index is 12.7. The summed E-state index contributed by atoms with van der Waals surface area (Å²) >= 11 is 0. The lowest BCUT2D eigenvalue weighted by atomic mass is 9.90. The van der Waals surface area contributed by atoms with E-state index >= 15 is 0 Å². The number of carbonyl (C=O) groups is 2. The first-order valence-electron chi connectivity index (χ1n) is 8.35. The van der Waals surface area contributed by atoms with Gasteiger partial charge in [0.05, 0.1) is 0 Å². The fourth-order valence-corrected chi connectivity index (χ4v) is 3.53. The number of fused-ring (bicyclic) bond motifs is 1. The van der Waals surface area contributed by atoms with Crippen LogP contribution < -0.4 is 11.1 Å². The third-order valence-electron chi connectivity index (χ3n) is 4.91. The molecule has 0 radical (unpaired) electrons. The van der Waals surface area contributed by atoms with Crippen LogP contribution in [0, 0.1) is 5.41 Å². The lowest BCUT2D eigenvalue weighted by Crippen LogP contribution is -2.49. The minimum absolute atomic E-state index is 0.0458. The van der Waals surface area contributed by atoms with E-state index in [0.29, 0.717) is 12.1 Å². The normalized spacial score (nSPS) is 22.9. The Morgan fingerprint density at radius 1 is 1.27 bits per heavy atom. The molecule has 2 amide bonds. The van der Waals surface area contributed by atoms with Crippen LogP contribution in [0.3, 0.4) is 0 Å². The van der Waals surface area contributed by atoms with E-state index in [1.807, 2.05) is 0 Å². The number of hydrogen-bond donors (Lipinski definition) is 3. The van der Waals surface area contributed by atoms with Crippen LogP contribution in [0.5, 0.6) is 0 Å². The van der Waals surface area contributed by atoms with Crippen LogP contribution in [0.25, 0.3) is 0 Å². The van der Waals surface area contributed by atoms with Crippen LogP contribution in [0.15, 0.2) is 18.2 Å². The van der Waals surface area contributed by atoms with Gasteiger partial charge in [0.1, 0.15) is 5.84 Å². The number of halogens is 3. The number of amides is 2. The van der Waals surface area contributed by atoms with E-state index in [2.05, 4.69) is 0 Å². The number of nitrogens with one attached hydrogen (secondary N) is 2. The number of rotatable bonds is 2. The Kier molecular flexibility index (Phi) is 4.74. The number of benzene rings is 1. The highest BCUT2D eigenvalue weighted by atomic mass is 19.4. The number of alkyl halides is 3. The minimum Gasteiger partial charge on any atom is -0.330 e. The van der Waals surface area contributed by atoms with Gasteiger partial charge in [0.25, 0.3) is 5.91 Å². The minimum atomic E-state index is -5.08. The second-order valence-corrected chi connectivity index (χ2v) is 6.65.